The maximum atomic E-state index is 11.4. The Bertz CT molecular complexity index is 529. The molecule has 1 saturated heterocycles. The fraction of sp³-hybridized carbons (Fsp3) is 0.235. The third-order valence-corrected chi connectivity index (χ3v) is 3.86. The van der Waals surface area contributed by atoms with E-state index < -0.39 is 0 Å². The summed E-state index contributed by atoms with van der Waals surface area (Å²) in [6.45, 7) is 2.12. The minimum Gasteiger partial charge on any atom is -0.349 e. The zero-order chi connectivity index (χ0) is 13.3. The predicted molar refractivity (Wildman–Crippen MR) is 75.9 cm³/mol. The summed E-state index contributed by atoms with van der Waals surface area (Å²) in [5.41, 5.74) is 2.31. The van der Waals surface area contributed by atoms with Crippen molar-refractivity contribution in [2.24, 2.45) is 0 Å². The first kappa shape index (κ1) is 12.0. The van der Waals surface area contributed by atoms with Gasteiger partial charge in [-0.25, -0.2) is 0 Å². The number of amides is 1. The van der Waals surface area contributed by atoms with Crippen LogP contribution < -0.4 is 5.32 Å². The predicted octanol–water partition coefficient (Wildman–Crippen LogP) is 3.10. The molecule has 0 saturated carbocycles. The fourth-order valence-electron chi connectivity index (χ4n) is 3.03. The Kier molecular flexibility index (Phi) is 2.86. The normalized spacial score (nSPS) is 21.9. The average Bonchev–Trinajstić information content (AvgIpc) is 2.40. The number of hydrogen-bond acceptors (Lipinski definition) is 1. The van der Waals surface area contributed by atoms with Gasteiger partial charge in [0.15, 0.2) is 0 Å². The molecular formula is C17H17NO. The molecule has 0 aliphatic carbocycles. The Balaban J connectivity index is 2.04. The Morgan fingerprint density at radius 2 is 1.37 bits per heavy atom. The summed E-state index contributed by atoms with van der Waals surface area (Å²) in [4.78, 5) is 11.4. The number of rotatable bonds is 3. The zero-order valence-electron chi connectivity index (χ0n) is 11.0. The lowest BCUT2D eigenvalue weighted by atomic mass is 9.70. The van der Waals surface area contributed by atoms with Gasteiger partial charge in [-0.15, -0.1) is 0 Å². The largest absolute Gasteiger partial charge is 0.349 e. The SMILES string of the molecule is CC1(C(c2ccccc2)c2ccccc2)CC(=O)N1. The number of hydrogen-bond donors (Lipinski definition) is 1. The molecule has 19 heavy (non-hydrogen) atoms. The van der Waals surface area contributed by atoms with Crippen LogP contribution in [0, 0.1) is 0 Å². The molecule has 1 unspecified atom stereocenters. The fourth-order valence-corrected chi connectivity index (χ4v) is 3.03. The van der Waals surface area contributed by atoms with E-state index in [0.717, 1.165) is 0 Å². The van der Waals surface area contributed by atoms with Crippen molar-refractivity contribution in [3.8, 4) is 0 Å². The zero-order valence-corrected chi connectivity index (χ0v) is 11.0. The number of β-lactam (4-membered cyclic amide) rings is 1. The summed E-state index contributed by atoms with van der Waals surface area (Å²) < 4.78 is 0. The summed E-state index contributed by atoms with van der Waals surface area (Å²) in [6.07, 6.45) is 0.585. The topological polar surface area (TPSA) is 29.1 Å². The number of carbonyl (C=O) groups is 1. The van der Waals surface area contributed by atoms with Gasteiger partial charge in [0.25, 0.3) is 0 Å². The summed E-state index contributed by atoms with van der Waals surface area (Å²) in [7, 11) is 0. The summed E-state index contributed by atoms with van der Waals surface area (Å²) in [6, 6.07) is 20.8. The van der Waals surface area contributed by atoms with Crippen LogP contribution in [0.25, 0.3) is 0 Å². The summed E-state index contributed by atoms with van der Waals surface area (Å²) >= 11 is 0. The second-order valence-corrected chi connectivity index (χ2v) is 5.40. The highest BCUT2D eigenvalue weighted by atomic mass is 16.2. The highest BCUT2D eigenvalue weighted by Crippen LogP contribution is 2.40. The minimum atomic E-state index is -0.181. The molecule has 2 nitrogen and oxygen atoms in total. The van der Waals surface area contributed by atoms with Crippen molar-refractivity contribution in [1.29, 1.82) is 0 Å². The lowest BCUT2D eigenvalue weighted by molar-refractivity contribution is -0.132. The Labute approximate surface area is 113 Å². The van der Waals surface area contributed by atoms with E-state index in [1.807, 2.05) is 12.1 Å². The van der Waals surface area contributed by atoms with E-state index in [2.05, 4.69) is 60.8 Å². The first-order chi connectivity index (χ1) is 9.19. The van der Waals surface area contributed by atoms with E-state index in [1.54, 1.807) is 0 Å². The standard InChI is InChI=1S/C17H17NO/c1-17(12-15(19)18-17)16(13-8-4-2-5-9-13)14-10-6-3-7-11-14/h2-11,16H,12H2,1H3,(H,18,19). The molecule has 1 aliphatic rings. The lowest BCUT2D eigenvalue weighted by Gasteiger charge is -2.45. The molecule has 2 aromatic rings. The first-order valence-corrected chi connectivity index (χ1v) is 6.60. The van der Waals surface area contributed by atoms with E-state index in [9.17, 15) is 4.79 Å². The van der Waals surface area contributed by atoms with Gasteiger partial charge in [-0.05, 0) is 18.1 Å². The van der Waals surface area contributed by atoms with Crippen molar-refractivity contribution in [2.45, 2.75) is 24.8 Å². The number of nitrogens with one attached hydrogen (secondary N) is 1. The second kappa shape index (κ2) is 4.54. The van der Waals surface area contributed by atoms with Gasteiger partial charge in [0.2, 0.25) is 5.91 Å². The lowest BCUT2D eigenvalue weighted by Crippen LogP contribution is -2.62. The van der Waals surface area contributed by atoms with Gasteiger partial charge < -0.3 is 5.32 Å². The molecule has 3 rings (SSSR count). The van der Waals surface area contributed by atoms with Crippen LogP contribution in [0.4, 0.5) is 0 Å². The Hall–Kier alpha value is -2.09. The molecule has 0 spiro atoms. The van der Waals surface area contributed by atoms with Gasteiger partial charge >= 0.3 is 0 Å². The van der Waals surface area contributed by atoms with E-state index in [1.165, 1.54) is 11.1 Å². The molecule has 0 radical (unpaired) electrons. The monoisotopic (exact) mass is 251 g/mol. The van der Waals surface area contributed by atoms with Crippen molar-refractivity contribution in [2.75, 3.05) is 0 Å². The summed E-state index contributed by atoms with van der Waals surface area (Å²) in [5, 5.41) is 3.08. The van der Waals surface area contributed by atoms with Gasteiger partial charge in [0.05, 0.1) is 12.0 Å². The molecule has 1 aliphatic heterocycles. The van der Waals surface area contributed by atoms with Crippen molar-refractivity contribution in [3.05, 3.63) is 71.8 Å². The molecule has 2 heteroatoms. The molecule has 1 atom stereocenters. The van der Waals surface area contributed by atoms with Crippen LogP contribution in [0.15, 0.2) is 60.7 Å². The van der Waals surface area contributed by atoms with Gasteiger partial charge in [-0.1, -0.05) is 60.7 Å². The Morgan fingerprint density at radius 1 is 0.947 bits per heavy atom. The molecule has 1 fully saturated rings. The second-order valence-electron chi connectivity index (χ2n) is 5.40. The van der Waals surface area contributed by atoms with Crippen molar-refractivity contribution < 1.29 is 4.79 Å². The van der Waals surface area contributed by atoms with E-state index in [4.69, 9.17) is 0 Å². The molecule has 0 aromatic heterocycles. The molecular weight excluding hydrogens is 234 g/mol. The highest BCUT2D eigenvalue weighted by molar-refractivity contribution is 5.85. The molecule has 1 heterocycles. The minimum absolute atomic E-state index is 0.138. The van der Waals surface area contributed by atoms with Gasteiger partial charge in [-0.3, -0.25) is 4.79 Å². The Morgan fingerprint density at radius 3 is 1.74 bits per heavy atom. The van der Waals surface area contributed by atoms with E-state index in [-0.39, 0.29) is 17.4 Å². The molecule has 1 N–H and O–H groups in total. The maximum absolute atomic E-state index is 11.4. The van der Waals surface area contributed by atoms with Gasteiger partial charge in [0.1, 0.15) is 0 Å². The van der Waals surface area contributed by atoms with Crippen LogP contribution >= 0.6 is 0 Å². The molecule has 1 amide bonds. The van der Waals surface area contributed by atoms with E-state index >= 15 is 0 Å². The van der Waals surface area contributed by atoms with Crippen LogP contribution in [-0.4, -0.2) is 11.4 Å². The quantitative estimate of drug-likeness (QED) is 0.834. The van der Waals surface area contributed by atoms with Crippen LogP contribution in [0.5, 0.6) is 0 Å². The van der Waals surface area contributed by atoms with Crippen LogP contribution in [-0.2, 0) is 4.79 Å². The first-order valence-electron chi connectivity index (χ1n) is 6.60. The van der Waals surface area contributed by atoms with Crippen LogP contribution in [0.2, 0.25) is 0 Å². The maximum Gasteiger partial charge on any atom is 0.222 e. The van der Waals surface area contributed by atoms with Crippen molar-refractivity contribution >= 4 is 5.91 Å². The summed E-state index contributed by atoms with van der Waals surface area (Å²) in [5.74, 6) is 0.340. The number of benzene rings is 2. The van der Waals surface area contributed by atoms with Gasteiger partial charge in [-0.2, -0.15) is 0 Å². The highest BCUT2D eigenvalue weighted by Gasteiger charge is 2.46. The third kappa shape index (κ3) is 2.14. The average molecular weight is 251 g/mol. The molecule has 2 aromatic carbocycles. The van der Waals surface area contributed by atoms with Gasteiger partial charge in [0, 0.05) is 5.92 Å². The van der Waals surface area contributed by atoms with Crippen molar-refractivity contribution in [1.82, 2.24) is 5.32 Å². The van der Waals surface area contributed by atoms with E-state index in [0.29, 0.717) is 6.42 Å². The molecule has 96 valence electrons. The van der Waals surface area contributed by atoms with Crippen LogP contribution in [0.1, 0.15) is 30.4 Å². The van der Waals surface area contributed by atoms with Crippen LogP contribution in [0.3, 0.4) is 0 Å². The van der Waals surface area contributed by atoms with Crippen molar-refractivity contribution in [3.63, 3.8) is 0 Å². The smallest absolute Gasteiger partial charge is 0.222 e. The number of carbonyl (C=O) groups excluding carboxylic acids is 1. The molecule has 0 bridgehead atoms. The third-order valence-electron chi connectivity index (χ3n) is 3.86.